The topological polar surface area (TPSA) is 90.9 Å². The van der Waals surface area contributed by atoms with Crippen LogP contribution >= 0.6 is 0 Å². The van der Waals surface area contributed by atoms with Gasteiger partial charge in [0.1, 0.15) is 6.04 Å². The van der Waals surface area contributed by atoms with Gasteiger partial charge >= 0.3 is 12.0 Å². The Morgan fingerprint density at radius 2 is 2.10 bits per heavy atom. The Kier molecular flexibility index (Phi) is 6.42. The van der Waals surface area contributed by atoms with Crippen LogP contribution < -0.4 is 10.6 Å². The molecule has 1 unspecified atom stereocenters. The van der Waals surface area contributed by atoms with Crippen LogP contribution in [0.2, 0.25) is 0 Å². The third kappa shape index (κ3) is 5.89. The molecule has 7 nitrogen and oxygen atoms in total. The lowest BCUT2D eigenvalue weighted by atomic mass is 9.87. The molecule has 1 heterocycles. The van der Waals surface area contributed by atoms with Gasteiger partial charge in [-0.3, -0.25) is 4.90 Å². The largest absolute Gasteiger partial charge is 0.480 e. The number of nitrogens with one attached hydrogen (secondary N) is 2. The van der Waals surface area contributed by atoms with Crippen LogP contribution in [0.3, 0.4) is 0 Å². The van der Waals surface area contributed by atoms with Gasteiger partial charge in [0.2, 0.25) is 0 Å². The molecule has 21 heavy (non-hydrogen) atoms. The standard InChI is InChI=1S/C14H27N3O4/c1-5-17-6-7-21-10(9-17)8-15-13(20)16-11(12(18)19)14(2,3)4/h10-11H,5-9H2,1-4H3,(H,18,19)(H2,15,16,20)/t10?,11-/m1/s1. The Balaban J connectivity index is 2.41. The fourth-order valence-electron chi connectivity index (χ4n) is 2.23. The van der Waals surface area contributed by atoms with Crippen LogP contribution in [0.15, 0.2) is 0 Å². The fourth-order valence-corrected chi connectivity index (χ4v) is 2.23. The number of hydrogen-bond donors (Lipinski definition) is 3. The molecule has 0 spiro atoms. The molecule has 1 fully saturated rings. The molecule has 2 amide bonds. The summed E-state index contributed by atoms with van der Waals surface area (Å²) in [6, 6.07) is -1.41. The highest BCUT2D eigenvalue weighted by atomic mass is 16.5. The van der Waals surface area contributed by atoms with Crippen molar-refractivity contribution in [3.8, 4) is 0 Å². The summed E-state index contributed by atoms with van der Waals surface area (Å²) in [5.74, 6) is -1.04. The van der Waals surface area contributed by atoms with Gasteiger partial charge in [-0.05, 0) is 12.0 Å². The molecule has 3 N–H and O–H groups in total. The van der Waals surface area contributed by atoms with E-state index in [1.165, 1.54) is 0 Å². The van der Waals surface area contributed by atoms with Crippen molar-refractivity contribution in [2.45, 2.75) is 39.8 Å². The van der Waals surface area contributed by atoms with Crippen LogP contribution in [0.1, 0.15) is 27.7 Å². The zero-order valence-electron chi connectivity index (χ0n) is 13.3. The van der Waals surface area contributed by atoms with Gasteiger partial charge in [-0.15, -0.1) is 0 Å². The number of nitrogens with zero attached hydrogens (tertiary/aromatic N) is 1. The molecule has 7 heteroatoms. The number of urea groups is 1. The van der Waals surface area contributed by atoms with E-state index in [0.29, 0.717) is 13.2 Å². The van der Waals surface area contributed by atoms with Crippen molar-refractivity contribution in [1.82, 2.24) is 15.5 Å². The predicted molar refractivity (Wildman–Crippen MR) is 79.3 cm³/mol. The third-order valence-corrected chi connectivity index (χ3v) is 3.55. The Bertz CT molecular complexity index is 368. The highest BCUT2D eigenvalue weighted by molar-refractivity contribution is 5.83. The average molecular weight is 301 g/mol. The molecule has 0 aromatic carbocycles. The van der Waals surface area contributed by atoms with Crippen LogP contribution in [0, 0.1) is 5.41 Å². The lowest BCUT2D eigenvalue weighted by molar-refractivity contribution is -0.141. The minimum absolute atomic E-state index is 0.0534. The Morgan fingerprint density at radius 3 is 2.62 bits per heavy atom. The van der Waals surface area contributed by atoms with Crippen molar-refractivity contribution >= 4 is 12.0 Å². The zero-order valence-corrected chi connectivity index (χ0v) is 13.3. The number of hydrogen-bond acceptors (Lipinski definition) is 4. The second-order valence-corrected chi connectivity index (χ2v) is 6.38. The first-order valence-electron chi connectivity index (χ1n) is 7.35. The summed E-state index contributed by atoms with van der Waals surface area (Å²) in [7, 11) is 0. The van der Waals surface area contributed by atoms with E-state index in [1.807, 2.05) is 0 Å². The van der Waals surface area contributed by atoms with Gasteiger partial charge in [0.25, 0.3) is 0 Å². The quantitative estimate of drug-likeness (QED) is 0.688. The molecule has 1 aliphatic heterocycles. The molecule has 0 aromatic heterocycles. The highest BCUT2D eigenvalue weighted by Crippen LogP contribution is 2.19. The van der Waals surface area contributed by atoms with E-state index in [2.05, 4.69) is 22.5 Å². The van der Waals surface area contributed by atoms with Crippen LogP contribution in [0.5, 0.6) is 0 Å². The van der Waals surface area contributed by atoms with E-state index in [0.717, 1.165) is 19.6 Å². The normalized spacial score (nSPS) is 21.6. The van der Waals surface area contributed by atoms with Crippen molar-refractivity contribution in [1.29, 1.82) is 0 Å². The third-order valence-electron chi connectivity index (χ3n) is 3.55. The van der Waals surface area contributed by atoms with Gasteiger partial charge in [0.15, 0.2) is 0 Å². The number of ether oxygens (including phenoxy) is 1. The summed E-state index contributed by atoms with van der Waals surface area (Å²) >= 11 is 0. The molecule has 0 saturated carbocycles. The van der Waals surface area contributed by atoms with Gasteiger partial charge in [-0.25, -0.2) is 9.59 Å². The van der Waals surface area contributed by atoms with Crippen molar-refractivity contribution < 1.29 is 19.4 Å². The van der Waals surface area contributed by atoms with E-state index in [9.17, 15) is 9.59 Å². The maximum Gasteiger partial charge on any atom is 0.326 e. The Morgan fingerprint density at radius 1 is 1.43 bits per heavy atom. The lowest BCUT2D eigenvalue weighted by Gasteiger charge is -2.32. The SMILES string of the molecule is CCN1CCOC(CNC(=O)N[C@H](C(=O)O)C(C)(C)C)C1. The molecule has 1 aliphatic rings. The van der Waals surface area contributed by atoms with Gasteiger partial charge in [-0.1, -0.05) is 27.7 Å². The summed E-state index contributed by atoms with van der Waals surface area (Å²) in [4.78, 5) is 25.3. The van der Waals surface area contributed by atoms with Gasteiger partial charge in [0, 0.05) is 19.6 Å². The molecule has 0 aliphatic carbocycles. The summed E-state index contributed by atoms with van der Waals surface area (Å²) in [5.41, 5.74) is -0.552. The molecule has 0 radical (unpaired) electrons. The fraction of sp³-hybridized carbons (Fsp3) is 0.857. The number of likely N-dealkylation sites (N-methyl/N-ethyl adjacent to an activating group) is 1. The second-order valence-electron chi connectivity index (χ2n) is 6.38. The Labute approximate surface area is 126 Å². The van der Waals surface area contributed by atoms with Crippen LogP contribution in [-0.4, -0.2) is 66.9 Å². The monoisotopic (exact) mass is 301 g/mol. The minimum atomic E-state index is -1.04. The zero-order chi connectivity index (χ0) is 16.0. The molecule has 0 aromatic rings. The Hall–Kier alpha value is -1.34. The number of carbonyl (C=O) groups is 2. The number of amides is 2. The number of carboxylic acids is 1. The maximum absolute atomic E-state index is 11.8. The molecule has 122 valence electrons. The number of carbonyl (C=O) groups excluding carboxylic acids is 1. The van der Waals surface area contributed by atoms with E-state index in [4.69, 9.17) is 9.84 Å². The van der Waals surface area contributed by atoms with Crippen LogP contribution in [-0.2, 0) is 9.53 Å². The lowest BCUT2D eigenvalue weighted by Crippen LogP contribution is -2.54. The number of rotatable bonds is 5. The van der Waals surface area contributed by atoms with Crippen LogP contribution in [0.25, 0.3) is 0 Å². The number of aliphatic carboxylic acids is 1. The smallest absolute Gasteiger partial charge is 0.326 e. The van der Waals surface area contributed by atoms with Crippen molar-refractivity contribution in [3.05, 3.63) is 0 Å². The molecule has 0 bridgehead atoms. The van der Waals surface area contributed by atoms with Crippen molar-refractivity contribution in [2.75, 3.05) is 32.8 Å². The first kappa shape index (κ1) is 17.7. The summed E-state index contributed by atoms with van der Waals surface area (Å²) in [5, 5.41) is 14.4. The summed E-state index contributed by atoms with van der Waals surface area (Å²) in [6.45, 7) is 11.1. The van der Waals surface area contributed by atoms with E-state index in [-0.39, 0.29) is 6.10 Å². The van der Waals surface area contributed by atoms with Gasteiger partial charge in [0.05, 0.1) is 12.7 Å². The van der Waals surface area contributed by atoms with Crippen molar-refractivity contribution in [3.63, 3.8) is 0 Å². The van der Waals surface area contributed by atoms with E-state index >= 15 is 0 Å². The molecule has 1 saturated heterocycles. The molecule has 2 atom stereocenters. The summed E-state index contributed by atoms with van der Waals surface area (Å²) < 4.78 is 5.58. The highest BCUT2D eigenvalue weighted by Gasteiger charge is 2.32. The predicted octanol–water partition coefficient (Wildman–Crippen LogP) is 0.506. The van der Waals surface area contributed by atoms with E-state index in [1.54, 1.807) is 20.8 Å². The van der Waals surface area contributed by atoms with E-state index < -0.39 is 23.5 Å². The molecular formula is C14H27N3O4. The first-order valence-corrected chi connectivity index (χ1v) is 7.35. The number of morpholine rings is 1. The maximum atomic E-state index is 11.8. The van der Waals surface area contributed by atoms with Crippen LogP contribution in [0.4, 0.5) is 4.79 Å². The van der Waals surface area contributed by atoms with Gasteiger partial charge < -0.3 is 20.5 Å². The average Bonchev–Trinajstić information content (AvgIpc) is 2.41. The first-order chi connectivity index (χ1) is 9.74. The molecular weight excluding hydrogens is 274 g/mol. The van der Waals surface area contributed by atoms with Gasteiger partial charge in [-0.2, -0.15) is 0 Å². The summed E-state index contributed by atoms with van der Waals surface area (Å²) in [6.07, 6.45) is -0.0534. The van der Waals surface area contributed by atoms with Crippen molar-refractivity contribution in [2.24, 2.45) is 5.41 Å². The minimum Gasteiger partial charge on any atom is -0.480 e. The number of carboxylic acid groups (broad SMARTS) is 1. The second kappa shape index (κ2) is 7.61. The molecule has 1 rings (SSSR count).